The van der Waals surface area contributed by atoms with Gasteiger partial charge in [0.2, 0.25) is 0 Å². The van der Waals surface area contributed by atoms with Crippen LogP contribution in [0.15, 0.2) is 36.4 Å². The third-order valence-electron chi connectivity index (χ3n) is 2.46. The molecule has 20 heavy (non-hydrogen) atoms. The van der Waals surface area contributed by atoms with Crippen LogP contribution in [0.2, 0.25) is 5.02 Å². The molecular weight excluding hydrogens is 285 g/mol. The zero-order valence-electron chi connectivity index (χ0n) is 9.93. The fraction of sp³-hybridized carbons (Fsp3) is 0. The van der Waals surface area contributed by atoms with E-state index in [0.717, 1.165) is 12.1 Å². The molecular formula is C14H7ClFNO3. The van der Waals surface area contributed by atoms with Gasteiger partial charge in [0.25, 0.3) is 0 Å². The first-order chi connectivity index (χ1) is 9.51. The molecule has 4 nitrogen and oxygen atoms in total. The Morgan fingerprint density at radius 2 is 2.05 bits per heavy atom. The number of nitriles is 1. The SMILES string of the molecule is N#Cc1cc(Cl)ccc1Oc1ccc(C(=O)O)c(F)c1. The number of halogens is 2. The molecule has 0 saturated carbocycles. The molecule has 0 heterocycles. The lowest BCUT2D eigenvalue weighted by Gasteiger charge is -2.08. The molecule has 0 bridgehead atoms. The number of aromatic carboxylic acids is 1. The van der Waals surface area contributed by atoms with Crippen molar-refractivity contribution >= 4 is 17.6 Å². The summed E-state index contributed by atoms with van der Waals surface area (Å²) in [5.74, 6) is -1.98. The van der Waals surface area contributed by atoms with E-state index in [-0.39, 0.29) is 17.1 Å². The van der Waals surface area contributed by atoms with Gasteiger partial charge < -0.3 is 9.84 Å². The van der Waals surface area contributed by atoms with Crippen LogP contribution in [-0.2, 0) is 0 Å². The molecule has 2 rings (SSSR count). The number of ether oxygens (including phenoxy) is 1. The highest BCUT2D eigenvalue weighted by Gasteiger charge is 2.12. The van der Waals surface area contributed by atoms with Crippen LogP contribution in [0.5, 0.6) is 11.5 Å². The van der Waals surface area contributed by atoms with Crippen molar-refractivity contribution in [2.24, 2.45) is 0 Å². The number of hydrogen-bond donors (Lipinski definition) is 1. The smallest absolute Gasteiger partial charge is 0.338 e. The zero-order chi connectivity index (χ0) is 14.7. The van der Waals surface area contributed by atoms with Crippen LogP contribution in [0.1, 0.15) is 15.9 Å². The average Bonchev–Trinajstić information content (AvgIpc) is 2.40. The predicted octanol–water partition coefficient (Wildman–Crippen LogP) is 3.84. The van der Waals surface area contributed by atoms with Crippen molar-refractivity contribution in [3.05, 3.63) is 58.4 Å². The molecule has 0 radical (unpaired) electrons. The zero-order valence-corrected chi connectivity index (χ0v) is 10.7. The lowest BCUT2D eigenvalue weighted by atomic mass is 10.2. The number of benzene rings is 2. The van der Waals surface area contributed by atoms with E-state index >= 15 is 0 Å². The molecule has 0 aliphatic carbocycles. The number of carboxylic acids is 1. The molecule has 2 aromatic rings. The van der Waals surface area contributed by atoms with E-state index in [9.17, 15) is 9.18 Å². The summed E-state index contributed by atoms with van der Waals surface area (Å²) in [5.41, 5.74) is -0.255. The van der Waals surface area contributed by atoms with Crippen molar-refractivity contribution in [2.75, 3.05) is 0 Å². The first kappa shape index (κ1) is 13.8. The highest BCUT2D eigenvalue weighted by atomic mass is 35.5. The molecule has 0 spiro atoms. The van der Waals surface area contributed by atoms with Gasteiger partial charge in [-0.25, -0.2) is 9.18 Å². The van der Waals surface area contributed by atoms with Crippen molar-refractivity contribution < 1.29 is 19.0 Å². The number of carbonyl (C=O) groups is 1. The van der Waals surface area contributed by atoms with Gasteiger partial charge in [-0.3, -0.25) is 0 Å². The van der Waals surface area contributed by atoms with E-state index in [1.165, 1.54) is 24.3 Å². The van der Waals surface area contributed by atoms with Crippen LogP contribution >= 0.6 is 11.6 Å². The van der Waals surface area contributed by atoms with Gasteiger partial charge in [-0.15, -0.1) is 0 Å². The van der Waals surface area contributed by atoms with Crippen LogP contribution in [0, 0.1) is 17.1 Å². The molecule has 1 N–H and O–H groups in total. The predicted molar refractivity (Wildman–Crippen MR) is 69.6 cm³/mol. The van der Waals surface area contributed by atoms with E-state index in [0.29, 0.717) is 5.02 Å². The second kappa shape index (κ2) is 5.59. The monoisotopic (exact) mass is 291 g/mol. The van der Waals surface area contributed by atoms with Gasteiger partial charge in [0, 0.05) is 11.1 Å². The molecule has 6 heteroatoms. The molecule has 0 aliphatic rings. The molecule has 0 aliphatic heterocycles. The van der Waals surface area contributed by atoms with Gasteiger partial charge in [-0.2, -0.15) is 5.26 Å². The first-order valence-electron chi connectivity index (χ1n) is 5.41. The summed E-state index contributed by atoms with van der Waals surface area (Å²) in [6.45, 7) is 0. The summed E-state index contributed by atoms with van der Waals surface area (Å²) in [6.07, 6.45) is 0. The van der Waals surface area contributed by atoms with Crippen LogP contribution in [0.3, 0.4) is 0 Å². The van der Waals surface area contributed by atoms with E-state index in [2.05, 4.69) is 0 Å². The van der Waals surface area contributed by atoms with E-state index in [1.54, 1.807) is 0 Å². The van der Waals surface area contributed by atoms with Crippen molar-refractivity contribution in [1.29, 1.82) is 5.26 Å². The number of carboxylic acid groups (broad SMARTS) is 1. The Hall–Kier alpha value is -2.58. The summed E-state index contributed by atoms with van der Waals surface area (Å²) in [6, 6.07) is 9.67. The fourth-order valence-electron chi connectivity index (χ4n) is 1.54. The summed E-state index contributed by atoms with van der Waals surface area (Å²) in [7, 11) is 0. The molecule has 0 fully saturated rings. The Balaban J connectivity index is 2.34. The largest absolute Gasteiger partial charge is 0.478 e. The Kier molecular flexibility index (Phi) is 3.87. The third-order valence-corrected chi connectivity index (χ3v) is 2.70. The minimum absolute atomic E-state index is 0.0892. The quantitative estimate of drug-likeness (QED) is 0.932. The maximum atomic E-state index is 13.5. The van der Waals surface area contributed by atoms with Gasteiger partial charge in [-0.1, -0.05) is 11.6 Å². The Morgan fingerprint density at radius 1 is 1.30 bits per heavy atom. The molecule has 0 unspecified atom stereocenters. The standard InChI is InChI=1S/C14H7ClFNO3/c15-9-1-4-13(8(5-9)7-17)20-10-2-3-11(14(18)19)12(16)6-10/h1-6H,(H,18,19). The van der Waals surface area contributed by atoms with Crippen LogP contribution < -0.4 is 4.74 Å². The molecule has 100 valence electrons. The van der Waals surface area contributed by atoms with Crippen molar-refractivity contribution in [3.63, 3.8) is 0 Å². The van der Waals surface area contributed by atoms with E-state index < -0.39 is 17.3 Å². The Morgan fingerprint density at radius 3 is 2.65 bits per heavy atom. The Labute approximate surface area is 118 Å². The molecule has 2 aromatic carbocycles. The summed E-state index contributed by atoms with van der Waals surface area (Å²) in [5, 5.41) is 18.0. The third kappa shape index (κ3) is 2.87. The molecule has 0 saturated heterocycles. The topological polar surface area (TPSA) is 70.3 Å². The summed E-state index contributed by atoms with van der Waals surface area (Å²) < 4.78 is 18.9. The van der Waals surface area contributed by atoms with Gasteiger partial charge in [0.15, 0.2) is 0 Å². The second-order valence-electron chi connectivity index (χ2n) is 3.80. The van der Waals surface area contributed by atoms with Crippen LogP contribution in [-0.4, -0.2) is 11.1 Å². The number of rotatable bonds is 3. The lowest BCUT2D eigenvalue weighted by molar-refractivity contribution is 0.0692. The average molecular weight is 292 g/mol. The minimum Gasteiger partial charge on any atom is -0.478 e. The van der Waals surface area contributed by atoms with E-state index in [4.69, 9.17) is 26.7 Å². The van der Waals surface area contributed by atoms with Crippen molar-refractivity contribution in [2.45, 2.75) is 0 Å². The van der Waals surface area contributed by atoms with E-state index in [1.807, 2.05) is 6.07 Å². The maximum absolute atomic E-state index is 13.5. The molecule has 0 atom stereocenters. The second-order valence-corrected chi connectivity index (χ2v) is 4.24. The minimum atomic E-state index is -1.36. The van der Waals surface area contributed by atoms with Gasteiger partial charge in [-0.05, 0) is 30.3 Å². The summed E-state index contributed by atoms with van der Waals surface area (Å²) in [4.78, 5) is 10.7. The maximum Gasteiger partial charge on any atom is 0.338 e. The molecule has 0 aromatic heterocycles. The van der Waals surface area contributed by atoms with Gasteiger partial charge in [0.1, 0.15) is 23.4 Å². The summed E-state index contributed by atoms with van der Waals surface area (Å²) >= 11 is 5.75. The highest BCUT2D eigenvalue weighted by Crippen LogP contribution is 2.28. The first-order valence-corrected chi connectivity index (χ1v) is 5.79. The van der Waals surface area contributed by atoms with Crippen molar-refractivity contribution in [1.82, 2.24) is 0 Å². The lowest BCUT2D eigenvalue weighted by Crippen LogP contribution is -2.00. The van der Waals surface area contributed by atoms with Crippen molar-refractivity contribution in [3.8, 4) is 17.6 Å². The highest BCUT2D eigenvalue weighted by molar-refractivity contribution is 6.30. The fourth-order valence-corrected chi connectivity index (χ4v) is 1.71. The normalized spacial score (nSPS) is 9.85. The van der Waals surface area contributed by atoms with Crippen LogP contribution in [0.25, 0.3) is 0 Å². The van der Waals surface area contributed by atoms with Gasteiger partial charge >= 0.3 is 5.97 Å². The van der Waals surface area contributed by atoms with Gasteiger partial charge in [0.05, 0.1) is 11.1 Å². The number of hydrogen-bond acceptors (Lipinski definition) is 3. The van der Waals surface area contributed by atoms with Crippen LogP contribution in [0.4, 0.5) is 4.39 Å². The molecule has 0 amide bonds. The Bertz CT molecular complexity index is 725. The number of nitrogens with zero attached hydrogens (tertiary/aromatic N) is 1.